The molecule has 118 valence electrons. The van der Waals surface area contributed by atoms with Crippen molar-refractivity contribution in [2.45, 2.75) is 18.9 Å². The van der Waals surface area contributed by atoms with Gasteiger partial charge in [-0.1, -0.05) is 0 Å². The predicted octanol–water partition coefficient (Wildman–Crippen LogP) is 0.327. The molecule has 0 unspecified atom stereocenters. The molecule has 22 heavy (non-hydrogen) atoms. The van der Waals surface area contributed by atoms with Crippen LogP contribution >= 0.6 is 0 Å². The Balaban J connectivity index is 2.75. The van der Waals surface area contributed by atoms with Gasteiger partial charge in [-0.3, -0.25) is 14.4 Å². The fourth-order valence-electron chi connectivity index (χ4n) is 1.68. The van der Waals surface area contributed by atoms with Crippen LogP contribution in [-0.2, 0) is 14.4 Å². The number of carboxylic acids is 2. The van der Waals surface area contributed by atoms with Crippen molar-refractivity contribution < 1.29 is 29.4 Å². The van der Waals surface area contributed by atoms with Gasteiger partial charge in [0, 0.05) is 24.7 Å². The normalized spacial score (nSPS) is 11.3. The second-order valence-corrected chi connectivity index (χ2v) is 4.56. The van der Waals surface area contributed by atoms with E-state index in [0.717, 1.165) is 0 Å². The molecule has 0 aliphatic rings. The van der Waals surface area contributed by atoms with Crippen molar-refractivity contribution in [1.82, 2.24) is 5.32 Å². The Hall–Kier alpha value is -2.90. The number of carboxylic acid groups (broad SMARTS) is 2. The summed E-state index contributed by atoms with van der Waals surface area (Å²) in [4.78, 5) is 45.3. The summed E-state index contributed by atoms with van der Waals surface area (Å²) in [6, 6.07) is 4.69. The smallest absolute Gasteiger partial charge is 0.326 e. The third-order valence-electron chi connectivity index (χ3n) is 2.95. The summed E-state index contributed by atoms with van der Waals surface area (Å²) in [5, 5.41) is 19.8. The second-order valence-electron chi connectivity index (χ2n) is 4.56. The van der Waals surface area contributed by atoms with Gasteiger partial charge in [0.2, 0.25) is 6.41 Å². The van der Waals surface area contributed by atoms with Gasteiger partial charge in [-0.05, 0) is 30.7 Å². The van der Waals surface area contributed by atoms with Gasteiger partial charge in [-0.25, -0.2) is 4.79 Å². The van der Waals surface area contributed by atoms with Crippen LogP contribution in [0.15, 0.2) is 24.3 Å². The lowest BCUT2D eigenvalue weighted by molar-refractivity contribution is -0.140. The number of carbonyl (C=O) groups excluding carboxylic acids is 2. The Bertz CT molecular complexity index is 569. The number of anilines is 1. The molecule has 0 radical (unpaired) electrons. The molecule has 3 N–H and O–H groups in total. The van der Waals surface area contributed by atoms with E-state index < -0.39 is 23.9 Å². The zero-order chi connectivity index (χ0) is 16.7. The van der Waals surface area contributed by atoms with Crippen LogP contribution in [0.1, 0.15) is 23.2 Å². The number of aliphatic carboxylic acids is 2. The summed E-state index contributed by atoms with van der Waals surface area (Å²) in [6.07, 6.45) is 0.0458. The van der Waals surface area contributed by atoms with Crippen molar-refractivity contribution in [2.24, 2.45) is 0 Å². The molecule has 2 amide bonds. The molecule has 0 aliphatic carbocycles. The minimum absolute atomic E-state index is 0.206. The Kier molecular flexibility index (Phi) is 6.06. The predicted molar refractivity (Wildman–Crippen MR) is 76.7 cm³/mol. The molecule has 1 aromatic carbocycles. The van der Waals surface area contributed by atoms with Crippen molar-refractivity contribution in [3.05, 3.63) is 29.8 Å². The quantitative estimate of drug-likeness (QED) is 0.594. The minimum Gasteiger partial charge on any atom is -0.481 e. The Morgan fingerprint density at radius 1 is 1.23 bits per heavy atom. The molecule has 0 spiro atoms. The topological polar surface area (TPSA) is 124 Å². The van der Waals surface area contributed by atoms with E-state index in [9.17, 15) is 19.2 Å². The van der Waals surface area contributed by atoms with Crippen molar-refractivity contribution in [2.75, 3.05) is 11.9 Å². The number of nitrogens with one attached hydrogen (secondary N) is 1. The number of rotatable bonds is 8. The van der Waals surface area contributed by atoms with Crippen LogP contribution in [0, 0.1) is 0 Å². The average Bonchev–Trinajstić information content (AvgIpc) is 2.50. The van der Waals surface area contributed by atoms with Crippen LogP contribution in [0.25, 0.3) is 0 Å². The first-order valence-electron chi connectivity index (χ1n) is 6.38. The standard InChI is InChI=1S/C14H16N2O6/c1-16(8-17)10-4-2-9(3-5-10)13(20)15-11(14(21)22)6-7-12(18)19/h2-5,8,11H,6-7H2,1H3,(H,15,20)(H,18,19)(H,21,22)/t11-/m1/s1. The highest BCUT2D eigenvalue weighted by atomic mass is 16.4. The number of hydrogen-bond acceptors (Lipinski definition) is 4. The fraction of sp³-hybridized carbons (Fsp3) is 0.286. The van der Waals surface area contributed by atoms with Crippen LogP contribution in [0.5, 0.6) is 0 Å². The summed E-state index contributed by atoms with van der Waals surface area (Å²) in [5.41, 5.74) is 0.789. The van der Waals surface area contributed by atoms with E-state index in [0.29, 0.717) is 12.1 Å². The van der Waals surface area contributed by atoms with Crippen LogP contribution in [-0.4, -0.2) is 47.6 Å². The maximum atomic E-state index is 11.9. The first-order chi connectivity index (χ1) is 10.3. The molecule has 0 aliphatic heterocycles. The number of nitrogens with zero attached hydrogens (tertiary/aromatic N) is 1. The summed E-state index contributed by atoms with van der Waals surface area (Å²) >= 11 is 0. The summed E-state index contributed by atoms with van der Waals surface area (Å²) in [5.74, 6) is -3.06. The fourth-order valence-corrected chi connectivity index (χ4v) is 1.68. The molecular weight excluding hydrogens is 292 g/mol. The number of benzene rings is 1. The molecule has 0 aromatic heterocycles. The van der Waals surface area contributed by atoms with Gasteiger partial charge in [-0.15, -0.1) is 0 Å². The Labute approximate surface area is 126 Å². The number of carbonyl (C=O) groups is 4. The van der Waals surface area contributed by atoms with Gasteiger partial charge in [0.05, 0.1) is 0 Å². The monoisotopic (exact) mass is 308 g/mol. The summed E-state index contributed by atoms with van der Waals surface area (Å²) in [7, 11) is 1.55. The van der Waals surface area contributed by atoms with Gasteiger partial charge in [0.15, 0.2) is 0 Å². The first kappa shape index (κ1) is 17.2. The maximum absolute atomic E-state index is 11.9. The maximum Gasteiger partial charge on any atom is 0.326 e. The molecule has 1 rings (SSSR count). The molecule has 0 saturated heterocycles. The third kappa shape index (κ3) is 4.89. The molecule has 1 aromatic rings. The Morgan fingerprint density at radius 2 is 1.82 bits per heavy atom. The van der Waals surface area contributed by atoms with Crippen LogP contribution < -0.4 is 10.2 Å². The molecule has 8 nitrogen and oxygen atoms in total. The zero-order valence-electron chi connectivity index (χ0n) is 11.9. The molecule has 0 saturated carbocycles. The summed E-state index contributed by atoms with van der Waals surface area (Å²) in [6.45, 7) is 0. The van der Waals surface area contributed by atoms with Crippen LogP contribution in [0.3, 0.4) is 0 Å². The molecule has 8 heteroatoms. The molecule has 0 bridgehead atoms. The van der Waals surface area contributed by atoms with E-state index in [4.69, 9.17) is 10.2 Å². The lowest BCUT2D eigenvalue weighted by atomic mass is 10.1. The molecule has 0 fully saturated rings. The minimum atomic E-state index is -1.30. The highest BCUT2D eigenvalue weighted by molar-refractivity contribution is 5.97. The highest BCUT2D eigenvalue weighted by Gasteiger charge is 2.21. The van der Waals surface area contributed by atoms with E-state index in [2.05, 4.69) is 5.32 Å². The van der Waals surface area contributed by atoms with Crippen molar-refractivity contribution in [1.29, 1.82) is 0 Å². The van der Waals surface area contributed by atoms with E-state index in [1.54, 1.807) is 7.05 Å². The average molecular weight is 308 g/mol. The largest absolute Gasteiger partial charge is 0.481 e. The number of hydrogen-bond donors (Lipinski definition) is 3. The lowest BCUT2D eigenvalue weighted by Gasteiger charge is -2.14. The van der Waals surface area contributed by atoms with E-state index in [1.807, 2.05) is 0 Å². The van der Waals surface area contributed by atoms with Crippen LogP contribution in [0.2, 0.25) is 0 Å². The van der Waals surface area contributed by atoms with Crippen molar-refractivity contribution in [3.8, 4) is 0 Å². The second kappa shape index (κ2) is 7.77. The molecular formula is C14H16N2O6. The SMILES string of the molecule is CN(C=O)c1ccc(C(=O)N[C@H](CCC(=O)O)C(=O)O)cc1. The van der Waals surface area contributed by atoms with E-state index in [1.165, 1.54) is 29.2 Å². The van der Waals surface area contributed by atoms with E-state index in [-0.39, 0.29) is 18.4 Å². The lowest BCUT2D eigenvalue weighted by Crippen LogP contribution is -2.41. The molecule has 1 atom stereocenters. The van der Waals surface area contributed by atoms with Gasteiger partial charge < -0.3 is 20.4 Å². The Morgan fingerprint density at radius 3 is 2.27 bits per heavy atom. The highest BCUT2D eigenvalue weighted by Crippen LogP contribution is 2.12. The van der Waals surface area contributed by atoms with E-state index >= 15 is 0 Å². The van der Waals surface area contributed by atoms with Gasteiger partial charge in [0.1, 0.15) is 6.04 Å². The van der Waals surface area contributed by atoms with Crippen molar-refractivity contribution >= 4 is 29.9 Å². The third-order valence-corrected chi connectivity index (χ3v) is 2.95. The van der Waals surface area contributed by atoms with Crippen LogP contribution in [0.4, 0.5) is 5.69 Å². The molecule has 0 heterocycles. The first-order valence-corrected chi connectivity index (χ1v) is 6.38. The van der Waals surface area contributed by atoms with Gasteiger partial charge >= 0.3 is 11.9 Å². The number of amides is 2. The van der Waals surface area contributed by atoms with Gasteiger partial charge in [0.25, 0.3) is 5.91 Å². The summed E-state index contributed by atoms with van der Waals surface area (Å²) < 4.78 is 0. The zero-order valence-corrected chi connectivity index (χ0v) is 11.9. The van der Waals surface area contributed by atoms with Gasteiger partial charge in [-0.2, -0.15) is 0 Å². The van der Waals surface area contributed by atoms with Crippen molar-refractivity contribution in [3.63, 3.8) is 0 Å².